The predicted molar refractivity (Wildman–Crippen MR) is 101 cm³/mol. The lowest BCUT2D eigenvalue weighted by atomic mass is 10.0. The predicted octanol–water partition coefficient (Wildman–Crippen LogP) is 4.69. The second kappa shape index (κ2) is 6.90. The summed E-state index contributed by atoms with van der Waals surface area (Å²) in [6, 6.07) is 11.9. The van der Waals surface area contributed by atoms with Crippen LogP contribution in [0.4, 0.5) is 11.4 Å². The number of nitrogens with zero attached hydrogens (tertiary/aromatic N) is 2. The van der Waals surface area contributed by atoms with Crippen molar-refractivity contribution in [3.63, 3.8) is 0 Å². The smallest absolute Gasteiger partial charge is 0.236 e. The molecule has 2 aromatic rings. The number of carbonyl (C=O) groups is 2. The standard InChI is InChI=1S/C19H16Cl2N2O2/c1-22(2)11-12-9-18(24)23(16-6-4-3-5-15(16)21)17-10-13(20)7-8-14(17)19(12)25/h3-8,10-11H,9H2,1-2H3. The van der Waals surface area contributed by atoms with Gasteiger partial charge in [-0.25, -0.2) is 0 Å². The first-order chi connectivity index (χ1) is 11.9. The first-order valence-corrected chi connectivity index (χ1v) is 8.43. The van der Waals surface area contributed by atoms with Crippen molar-refractivity contribution in [3.8, 4) is 0 Å². The van der Waals surface area contributed by atoms with Gasteiger partial charge in [-0.3, -0.25) is 14.5 Å². The van der Waals surface area contributed by atoms with Crippen LogP contribution in [0, 0.1) is 0 Å². The molecule has 0 fully saturated rings. The summed E-state index contributed by atoms with van der Waals surface area (Å²) in [6.07, 6.45) is 1.66. The number of benzene rings is 2. The summed E-state index contributed by atoms with van der Waals surface area (Å²) in [4.78, 5) is 29.2. The minimum Gasteiger partial charge on any atom is -0.383 e. The highest BCUT2D eigenvalue weighted by atomic mass is 35.5. The zero-order chi connectivity index (χ0) is 18.1. The molecule has 0 saturated carbocycles. The van der Waals surface area contributed by atoms with Crippen molar-refractivity contribution in [2.24, 2.45) is 0 Å². The topological polar surface area (TPSA) is 40.6 Å². The van der Waals surface area contributed by atoms with Gasteiger partial charge in [-0.05, 0) is 30.3 Å². The second-order valence-corrected chi connectivity index (χ2v) is 6.81. The molecule has 1 heterocycles. The van der Waals surface area contributed by atoms with E-state index in [4.69, 9.17) is 23.2 Å². The zero-order valence-corrected chi connectivity index (χ0v) is 15.3. The molecule has 0 radical (unpaired) electrons. The highest BCUT2D eigenvalue weighted by Gasteiger charge is 2.32. The summed E-state index contributed by atoms with van der Waals surface area (Å²) in [7, 11) is 3.62. The van der Waals surface area contributed by atoms with E-state index >= 15 is 0 Å². The van der Waals surface area contributed by atoms with Crippen LogP contribution in [0.25, 0.3) is 0 Å². The van der Waals surface area contributed by atoms with Crippen molar-refractivity contribution in [2.45, 2.75) is 6.42 Å². The maximum absolute atomic E-state index is 13.0. The van der Waals surface area contributed by atoms with Crippen LogP contribution < -0.4 is 4.90 Å². The molecule has 1 aliphatic rings. The molecule has 6 heteroatoms. The van der Waals surface area contributed by atoms with Crippen LogP contribution in [-0.2, 0) is 4.79 Å². The van der Waals surface area contributed by atoms with Crippen molar-refractivity contribution in [1.29, 1.82) is 0 Å². The first-order valence-electron chi connectivity index (χ1n) is 7.67. The molecule has 3 rings (SSSR count). The summed E-state index contributed by atoms with van der Waals surface area (Å²) < 4.78 is 0. The molecule has 0 saturated heterocycles. The number of hydrogen-bond acceptors (Lipinski definition) is 3. The fraction of sp³-hybridized carbons (Fsp3) is 0.158. The van der Waals surface area contributed by atoms with Crippen LogP contribution in [0.15, 0.2) is 54.2 Å². The van der Waals surface area contributed by atoms with Crippen LogP contribution >= 0.6 is 23.2 Å². The molecular weight excluding hydrogens is 359 g/mol. The van der Waals surface area contributed by atoms with Crippen molar-refractivity contribution in [2.75, 3.05) is 19.0 Å². The number of carbonyl (C=O) groups excluding carboxylic acids is 2. The summed E-state index contributed by atoms with van der Waals surface area (Å²) in [5.74, 6) is -0.432. The Bertz CT molecular complexity index is 891. The Kier molecular flexibility index (Phi) is 4.84. The van der Waals surface area contributed by atoms with E-state index < -0.39 is 0 Å². The van der Waals surface area contributed by atoms with Crippen molar-refractivity contribution < 1.29 is 9.59 Å². The van der Waals surface area contributed by atoms with Crippen molar-refractivity contribution in [1.82, 2.24) is 4.90 Å². The molecule has 0 unspecified atom stereocenters. The fourth-order valence-corrected chi connectivity index (χ4v) is 3.21. The van der Waals surface area contributed by atoms with E-state index in [1.807, 2.05) is 14.1 Å². The Morgan fingerprint density at radius 1 is 1.04 bits per heavy atom. The summed E-state index contributed by atoms with van der Waals surface area (Å²) in [6.45, 7) is 0. The van der Waals surface area contributed by atoms with E-state index in [1.54, 1.807) is 53.6 Å². The van der Waals surface area contributed by atoms with Gasteiger partial charge in [0.2, 0.25) is 5.91 Å². The van der Waals surface area contributed by atoms with Gasteiger partial charge < -0.3 is 4.90 Å². The first kappa shape index (κ1) is 17.5. The molecule has 0 N–H and O–H groups in total. The van der Waals surface area contributed by atoms with Crippen LogP contribution in [-0.4, -0.2) is 30.7 Å². The minimum absolute atomic E-state index is 0.0193. The Morgan fingerprint density at radius 2 is 1.76 bits per heavy atom. The maximum Gasteiger partial charge on any atom is 0.236 e. The molecule has 4 nitrogen and oxygen atoms in total. The lowest BCUT2D eigenvalue weighted by Crippen LogP contribution is -2.25. The highest BCUT2D eigenvalue weighted by molar-refractivity contribution is 6.35. The number of halogens is 2. The molecule has 1 amide bonds. The monoisotopic (exact) mass is 374 g/mol. The van der Waals surface area contributed by atoms with Gasteiger partial charge in [0.05, 0.1) is 22.8 Å². The van der Waals surface area contributed by atoms with Crippen LogP contribution in [0.2, 0.25) is 10.0 Å². The van der Waals surface area contributed by atoms with Gasteiger partial charge in [0.15, 0.2) is 5.78 Å². The van der Waals surface area contributed by atoms with E-state index in [0.717, 1.165) is 0 Å². The number of anilines is 2. The van der Waals surface area contributed by atoms with Crippen molar-refractivity contribution in [3.05, 3.63) is 69.8 Å². The summed E-state index contributed by atoms with van der Waals surface area (Å²) in [5, 5.41) is 0.866. The van der Waals surface area contributed by atoms with Gasteiger partial charge in [-0.15, -0.1) is 0 Å². The third kappa shape index (κ3) is 3.41. The molecule has 128 valence electrons. The van der Waals surface area contributed by atoms with E-state index in [2.05, 4.69) is 0 Å². The normalized spacial score (nSPS) is 16.0. The van der Waals surface area contributed by atoms with Crippen LogP contribution in [0.3, 0.4) is 0 Å². The van der Waals surface area contributed by atoms with Gasteiger partial charge in [-0.2, -0.15) is 0 Å². The fourth-order valence-electron chi connectivity index (χ4n) is 2.82. The average Bonchev–Trinajstić information content (AvgIpc) is 2.64. The quantitative estimate of drug-likeness (QED) is 0.715. The molecule has 0 atom stereocenters. The molecule has 1 aliphatic heterocycles. The van der Waals surface area contributed by atoms with E-state index in [-0.39, 0.29) is 18.1 Å². The van der Waals surface area contributed by atoms with Crippen molar-refractivity contribution >= 4 is 46.3 Å². The molecule has 0 bridgehead atoms. The average molecular weight is 375 g/mol. The Labute approximate surface area is 156 Å². The maximum atomic E-state index is 13.0. The van der Waals surface area contributed by atoms with Crippen LogP contribution in [0.5, 0.6) is 0 Å². The summed E-state index contributed by atoms with van der Waals surface area (Å²) in [5.41, 5.74) is 1.81. The number of Topliss-reactive ketones (excluding diaryl/α,β-unsaturated/α-hetero) is 1. The lowest BCUT2D eigenvalue weighted by molar-refractivity contribution is -0.117. The zero-order valence-electron chi connectivity index (χ0n) is 13.8. The number of amides is 1. The van der Waals surface area contributed by atoms with Crippen LogP contribution in [0.1, 0.15) is 16.8 Å². The molecular formula is C19H16Cl2N2O2. The largest absolute Gasteiger partial charge is 0.383 e. The van der Waals surface area contributed by atoms with E-state index in [1.165, 1.54) is 4.90 Å². The molecule has 25 heavy (non-hydrogen) atoms. The van der Waals surface area contributed by atoms with Gasteiger partial charge >= 0.3 is 0 Å². The minimum atomic E-state index is -0.240. The van der Waals surface area contributed by atoms with Gasteiger partial charge in [0.25, 0.3) is 0 Å². The van der Waals surface area contributed by atoms with Gasteiger partial charge in [0, 0.05) is 36.5 Å². The molecule has 0 aliphatic carbocycles. The number of hydrogen-bond donors (Lipinski definition) is 0. The van der Waals surface area contributed by atoms with Gasteiger partial charge in [-0.1, -0.05) is 35.3 Å². The number of rotatable bonds is 2. The Morgan fingerprint density at radius 3 is 2.44 bits per heavy atom. The number of fused-ring (bicyclic) bond motifs is 1. The molecule has 2 aromatic carbocycles. The second-order valence-electron chi connectivity index (χ2n) is 5.97. The lowest BCUT2D eigenvalue weighted by Gasteiger charge is -2.23. The third-order valence-corrected chi connectivity index (χ3v) is 4.39. The Balaban J connectivity index is 2.26. The third-order valence-electron chi connectivity index (χ3n) is 3.84. The Hall–Kier alpha value is -2.30. The van der Waals surface area contributed by atoms with Gasteiger partial charge in [0.1, 0.15) is 0 Å². The SMILES string of the molecule is CN(C)C=C1CC(=O)N(c2ccccc2Cl)c2cc(Cl)ccc2C1=O. The number of para-hydroxylation sites is 1. The summed E-state index contributed by atoms with van der Waals surface area (Å²) >= 11 is 12.4. The van der Waals surface area contributed by atoms with E-state index in [9.17, 15) is 9.59 Å². The highest BCUT2D eigenvalue weighted by Crippen LogP contribution is 2.39. The van der Waals surface area contributed by atoms with E-state index in [0.29, 0.717) is 32.6 Å². The number of ketones is 1. The molecule has 0 aromatic heterocycles. The molecule has 0 spiro atoms.